The molecular weight excluding hydrogens is 236 g/mol. The van der Waals surface area contributed by atoms with Crippen LogP contribution in [0.3, 0.4) is 0 Å². The van der Waals surface area contributed by atoms with Gasteiger partial charge in [0.05, 0.1) is 11.2 Å². The Morgan fingerprint density at radius 2 is 2.24 bits per heavy atom. The van der Waals surface area contributed by atoms with Crippen LogP contribution in [0.25, 0.3) is 0 Å². The van der Waals surface area contributed by atoms with Gasteiger partial charge >= 0.3 is 5.97 Å². The molecule has 0 bridgehead atoms. The highest BCUT2D eigenvalue weighted by atomic mass is 32.2. The number of carboxylic acids is 1. The summed E-state index contributed by atoms with van der Waals surface area (Å²) in [6.45, 7) is 4.08. The zero-order chi connectivity index (χ0) is 12.6. The number of ether oxygens (including phenoxy) is 1. The molecule has 0 fully saturated rings. The van der Waals surface area contributed by atoms with Crippen molar-refractivity contribution in [3.8, 4) is 0 Å². The van der Waals surface area contributed by atoms with Gasteiger partial charge in [-0.1, -0.05) is 12.1 Å². The highest BCUT2D eigenvalue weighted by Crippen LogP contribution is 2.44. The summed E-state index contributed by atoms with van der Waals surface area (Å²) < 4.78 is 5.48. The molecule has 1 heterocycles. The minimum absolute atomic E-state index is 0.251. The second kappa shape index (κ2) is 4.35. The lowest BCUT2D eigenvalue weighted by atomic mass is 9.97. The second-order valence-corrected chi connectivity index (χ2v) is 5.93. The van der Waals surface area contributed by atoms with Crippen molar-refractivity contribution >= 4 is 17.7 Å². The van der Waals surface area contributed by atoms with Crippen LogP contribution in [-0.4, -0.2) is 29.0 Å². The van der Waals surface area contributed by atoms with Crippen LogP contribution in [0.5, 0.6) is 0 Å². The standard InChI is InChI=1S/C13H16O3S/c1-13(2,16-3)10-7-8-5-4-6-9(12(14)15)11(8)17-10/h4-6,10H,7H2,1-3H3,(H,14,15). The molecule has 17 heavy (non-hydrogen) atoms. The summed E-state index contributed by atoms with van der Waals surface area (Å²) in [7, 11) is 1.70. The van der Waals surface area contributed by atoms with E-state index in [-0.39, 0.29) is 10.9 Å². The molecule has 1 aromatic carbocycles. The topological polar surface area (TPSA) is 46.5 Å². The lowest BCUT2D eigenvalue weighted by Gasteiger charge is -2.29. The normalized spacial score (nSPS) is 19.1. The Morgan fingerprint density at radius 1 is 1.53 bits per heavy atom. The van der Waals surface area contributed by atoms with Crippen molar-refractivity contribution in [2.75, 3.05) is 7.11 Å². The second-order valence-electron chi connectivity index (χ2n) is 4.72. The zero-order valence-electron chi connectivity index (χ0n) is 10.2. The molecular formula is C13H16O3S. The van der Waals surface area contributed by atoms with Gasteiger partial charge in [-0.3, -0.25) is 0 Å². The Morgan fingerprint density at radius 3 is 2.82 bits per heavy atom. The first-order valence-electron chi connectivity index (χ1n) is 5.52. The molecule has 0 spiro atoms. The maximum atomic E-state index is 11.1. The van der Waals surface area contributed by atoms with Crippen LogP contribution >= 0.6 is 11.8 Å². The molecule has 0 saturated heterocycles. The van der Waals surface area contributed by atoms with Crippen molar-refractivity contribution in [1.29, 1.82) is 0 Å². The quantitative estimate of drug-likeness (QED) is 0.898. The minimum atomic E-state index is -0.856. The number of hydrogen-bond acceptors (Lipinski definition) is 3. The third-order valence-electron chi connectivity index (χ3n) is 3.29. The molecule has 1 N–H and O–H groups in total. The van der Waals surface area contributed by atoms with Gasteiger partial charge in [0.25, 0.3) is 0 Å². The number of rotatable bonds is 3. The Kier molecular flexibility index (Phi) is 3.19. The van der Waals surface area contributed by atoms with E-state index in [9.17, 15) is 4.79 Å². The third kappa shape index (κ3) is 2.19. The smallest absolute Gasteiger partial charge is 0.336 e. The monoisotopic (exact) mass is 252 g/mol. The minimum Gasteiger partial charge on any atom is -0.478 e. The van der Waals surface area contributed by atoms with Gasteiger partial charge in [-0.25, -0.2) is 4.79 Å². The molecule has 4 heteroatoms. The molecule has 0 aliphatic carbocycles. The van der Waals surface area contributed by atoms with Crippen LogP contribution in [0.15, 0.2) is 23.1 Å². The van der Waals surface area contributed by atoms with Gasteiger partial charge in [0.1, 0.15) is 0 Å². The van der Waals surface area contributed by atoms with E-state index in [4.69, 9.17) is 9.84 Å². The van der Waals surface area contributed by atoms with Crippen LogP contribution in [0.2, 0.25) is 0 Å². The molecule has 1 unspecified atom stereocenters. The van der Waals surface area contributed by atoms with E-state index in [2.05, 4.69) is 0 Å². The average molecular weight is 252 g/mol. The molecule has 0 aromatic heterocycles. The zero-order valence-corrected chi connectivity index (χ0v) is 11.0. The van der Waals surface area contributed by atoms with Gasteiger partial charge in [0.2, 0.25) is 0 Å². The fourth-order valence-electron chi connectivity index (χ4n) is 1.96. The van der Waals surface area contributed by atoms with Crippen LogP contribution in [0, 0.1) is 0 Å². The Labute approximate surface area is 105 Å². The van der Waals surface area contributed by atoms with Crippen molar-refractivity contribution in [3.63, 3.8) is 0 Å². The maximum absolute atomic E-state index is 11.1. The molecule has 3 nitrogen and oxygen atoms in total. The molecule has 0 radical (unpaired) electrons. The summed E-state index contributed by atoms with van der Waals surface area (Å²) in [6.07, 6.45) is 0.863. The molecule has 0 amide bonds. The van der Waals surface area contributed by atoms with Gasteiger partial charge in [0, 0.05) is 17.3 Å². The number of carboxylic acid groups (broad SMARTS) is 1. The lowest BCUT2D eigenvalue weighted by molar-refractivity contribution is 0.0217. The van der Waals surface area contributed by atoms with Gasteiger partial charge in [-0.2, -0.15) is 0 Å². The van der Waals surface area contributed by atoms with Gasteiger partial charge < -0.3 is 9.84 Å². The van der Waals surface area contributed by atoms with E-state index < -0.39 is 5.97 Å². The maximum Gasteiger partial charge on any atom is 0.336 e. The van der Waals surface area contributed by atoms with Gasteiger partial charge in [0.15, 0.2) is 0 Å². The van der Waals surface area contributed by atoms with Crippen molar-refractivity contribution in [2.24, 2.45) is 0 Å². The van der Waals surface area contributed by atoms with Crippen LogP contribution in [-0.2, 0) is 11.2 Å². The lowest BCUT2D eigenvalue weighted by Crippen LogP contribution is -2.35. The summed E-state index contributed by atoms with van der Waals surface area (Å²) >= 11 is 1.62. The molecule has 1 aliphatic rings. The van der Waals surface area contributed by atoms with E-state index in [1.165, 1.54) is 0 Å². The predicted molar refractivity (Wildman–Crippen MR) is 67.8 cm³/mol. The van der Waals surface area contributed by atoms with Crippen LogP contribution in [0.4, 0.5) is 0 Å². The molecule has 1 aromatic rings. The van der Waals surface area contributed by atoms with Crippen molar-refractivity contribution in [3.05, 3.63) is 29.3 Å². The van der Waals surface area contributed by atoms with Crippen molar-refractivity contribution in [2.45, 2.75) is 36.0 Å². The Bertz CT molecular complexity index is 454. The number of fused-ring (bicyclic) bond motifs is 1. The first-order chi connectivity index (χ1) is 7.95. The summed E-state index contributed by atoms with van der Waals surface area (Å²) in [5.41, 5.74) is 1.27. The number of aromatic carboxylic acids is 1. The summed E-state index contributed by atoms with van der Waals surface area (Å²) in [6, 6.07) is 5.47. The number of benzene rings is 1. The van der Waals surface area contributed by atoms with Crippen LogP contribution in [0.1, 0.15) is 29.8 Å². The molecule has 1 aliphatic heterocycles. The van der Waals surface area contributed by atoms with Crippen molar-refractivity contribution < 1.29 is 14.6 Å². The molecule has 1 atom stereocenters. The van der Waals surface area contributed by atoms with E-state index in [0.29, 0.717) is 5.56 Å². The molecule has 0 saturated carbocycles. The number of carbonyl (C=O) groups is 1. The largest absolute Gasteiger partial charge is 0.478 e. The Hall–Kier alpha value is -1.00. The number of hydrogen-bond donors (Lipinski definition) is 1. The highest BCUT2D eigenvalue weighted by Gasteiger charge is 2.37. The fourth-order valence-corrected chi connectivity index (χ4v) is 3.47. The van der Waals surface area contributed by atoms with E-state index in [1.807, 2.05) is 26.0 Å². The SMILES string of the molecule is COC(C)(C)C1Cc2cccc(C(=O)O)c2S1. The number of thioether (sulfide) groups is 1. The average Bonchev–Trinajstić information content (AvgIpc) is 2.72. The first kappa shape index (κ1) is 12.5. The van der Waals surface area contributed by atoms with Gasteiger partial charge in [-0.05, 0) is 31.9 Å². The Balaban J connectivity index is 2.34. The van der Waals surface area contributed by atoms with E-state index in [0.717, 1.165) is 16.9 Å². The fraction of sp³-hybridized carbons (Fsp3) is 0.462. The molecule has 2 rings (SSSR count). The summed E-state index contributed by atoms with van der Waals surface area (Å²) in [5, 5.41) is 9.42. The van der Waals surface area contributed by atoms with E-state index >= 15 is 0 Å². The summed E-state index contributed by atoms with van der Waals surface area (Å²) in [4.78, 5) is 12.0. The predicted octanol–water partition coefficient (Wildman–Crippen LogP) is 2.83. The van der Waals surface area contributed by atoms with Crippen molar-refractivity contribution in [1.82, 2.24) is 0 Å². The van der Waals surface area contributed by atoms with Crippen LogP contribution < -0.4 is 0 Å². The molecule has 92 valence electrons. The van der Waals surface area contributed by atoms with Gasteiger partial charge in [-0.15, -0.1) is 11.8 Å². The third-order valence-corrected chi connectivity index (χ3v) is 5.03. The summed E-state index contributed by atoms with van der Waals surface area (Å²) in [5.74, 6) is -0.856. The highest BCUT2D eigenvalue weighted by molar-refractivity contribution is 8.00. The number of methoxy groups -OCH3 is 1. The first-order valence-corrected chi connectivity index (χ1v) is 6.40. The van der Waals surface area contributed by atoms with E-state index in [1.54, 1.807) is 24.9 Å².